The van der Waals surface area contributed by atoms with Crippen LogP contribution >= 0.6 is 0 Å². The summed E-state index contributed by atoms with van der Waals surface area (Å²) in [6.45, 7) is 13.1. The average Bonchev–Trinajstić information content (AvgIpc) is 2.46. The molecule has 0 spiro atoms. The van der Waals surface area contributed by atoms with Crippen molar-refractivity contribution in [2.75, 3.05) is 0 Å². The molecule has 0 aromatic rings. The second-order valence-corrected chi connectivity index (χ2v) is 7.01. The second kappa shape index (κ2) is 12.1. The molecule has 126 valence electrons. The van der Waals surface area contributed by atoms with E-state index in [0.29, 0.717) is 12.3 Å². The summed E-state index contributed by atoms with van der Waals surface area (Å²) in [5.41, 5.74) is 0. The van der Waals surface area contributed by atoms with Gasteiger partial charge in [-0.15, -0.1) is 0 Å². The first-order valence-corrected chi connectivity index (χ1v) is 9.10. The molecular weight excluding hydrogens is 260 g/mol. The van der Waals surface area contributed by atoms with Gasteiger partial charge in [0.25, 0.3) is 0 Å². The maximum absolute atomic E-state index is 11.3. The van der Waals surface area contributed by atoms with Gasteiger partial charge >= 0.3 is 5.97 Å². The number of esters is 1. The maximum Gasteiger partial charge on any atom is 0.305 e. The molecule has 0 aliphatic rings. The van der Waals surface area contributed by atoms with Crippen LogP contribution in [0.15, 0.2) is 0 Å². The molecule has 0 unspecified atom stereocenters. The van der Waals surface area contributed by atoms with Crippen LogP contribution < -0.4 is 0 Å². The second-order valence-electron chi connectivity index (χ2n) is 7.01. The number of hydrogen-bond donors (Lipinski definition) is 0. The first kappa shape index (κ1) is 20.5. The van der Waals surface area contributed by atoms with Gasteiger partial charge in [0.1, 0.15) is 6.10 Å². The third-order valence-corrected chi connectivity index (χ3v) is 4.85. The maximum atomic E-state index is 11.3. The summed E-state index contributed by atoms with van der Waals surface area (Å²) in [5.74, 6) is 2.10. The molecule has 0 rings (SSSR count). The lowest BCUT2D eigenvalue weighted by atomic mass is 9.91. The Hall–Kier alpha value is -0.530. The lowest BCUT2D eigenvalue weighted by Gasteiger charge is -2.21. The van der Waals surface area contributed by atoms with Gasteiger partial charge in [0, 0.05) is 6.42 Å². The van der Waals surface area contributed by atoms with Crippen molar-refractivity contribution in [3.8, 4) is 0 Å². The summed E-state index contributed by atoms with van der Waals surface area (Å²) in [6.07, 6.45) is 9.66. The van der Waals surface area contributed by atoms with E-state index in [9.17, 15) is 4.79 Å². The molecule has 0 aromatic carbocycles. The Balaban J connectivity index is 3.69. The van der Waals surface area contributed by atoms with Crippen LogP contribution in [0.5, 0.6) is 0 Å². The Morgan fingerprint density at radius 2 is 1.38 bits per heavy atom. The highest BCUT2D eigenvalue weighted by molar-refractivity contribution is 5.69. The smallest absolute Gasteiger partial charge is 0.305 e. The molecule has 0 saturated heterocycles. The van der Waals surface area contributed by atoms with Gasteiger partial charge in [0.2, 0.25) is 0 Å². The number of hydrogen-bond acceptors (Lipinski definition) is 2. The molecule has 2 nitrogen and oxygen atoms in total. The molecule has 0 amide bonds. The highest BCUT2D eigenvalue weighted by Gasteiger charge is 2.16. The van der Waals surface area contributed by atoms with Crippen LogP contribution in [-0.2, 0) is 9.53 Å². The molecule has 0 saturated carbocycles. The van der Waals surface area contributed by atoms with Crippen LogP contribution in [0.3, 0.4) is 0 Å². The zero-order valence-electron chi connectivity index (χ0n) is 15.3. The quantitative estimate of drug-likeness (QED) is 0.414. The number of carbonyl (C=O) groups excluding carboxylic acids is 1. The highest BCUT2D eigenvalue weighted by atomic mass is 16.5. The normalized spacial score (nSPS) is 17.0. The molecule has 0 heterocycles. The molecule has 0 aliphatic carbocycles. The van der Waals surface area contributed by atoms with E-state index in [1.165, 1.54) is 38.5 Å². The minimum absolute atomic E-state index is 0.0539. The lowest BCUT2D eigenvalue weighted by molar-refractivity contribution is -0.150. The third kappa shape index (κ3) is 10.8. The Morgan fingerprint density at radius 3 is 1.90 bits per heavy atom. The van der Waals surface area contributed by atoms with Gasteiger partial charge in [0.05, 0.1) is 0 Å². The zero-order valence-corrected chi connectivity index (χ0v) is 15.3. The Bertz CT molecular complexity index is 262. The standard InChI is InChI=1S/C19H38O2/c1-7-15(3)11-9-12-16(4)13-10-14-17(5)18(6)21-19(20)8-2/h15-18H,7-14H2,1-6H3/t15-,16-,17+,18+/m1/s1. The average molecular weight is 299 g/mol. The van der Waals surface area contributed by atoms with E-state index in [1.807, 2.05) is 13.8 Å². The summed E-state index contributed by atoms with van der Waals surface area (Å²) < 4.78 is 5.38. The van der Waals surface area contributed by atoms with Crippen molar-refractivity contribution < 1.29 is 9.53 Å². The SMILES string of the molecule is CCC(=O)O[C@@H](C)[C@@H](C)CCC[C@H](C)CCC[C@H](C)CC. The van der Waals surface area contributed by atoms with Crippen LogP contribution in [0, 0.1) is 17.8 Å². The van der Waals surface area contributed by atoms with E-state index >= 15 is 0 Å². The molecular formula is C19H38O2. The molecule has 2 heteroatoms. The van der Waals surface area contributed by atoms with Gasteiger partial charge in [-0.1, -0.05) is 73.1 Å². The largest absolute Gasteiger partial charge is 0.462 e. The molecule has 0 bridgehead atoms. The van der Waals surface area contributed by atoms with Crippen LogP contribution in [0.25, 0.3) is 0 Å². The van der Waals surface area contributed by atoms with Gasteiger partial charge in [0.15, 0.2) is 0 Å². The van der Waals surface area contributed by atoms with Gasteiger partial charge < -0.3 is 4.74 Å². The molecule has 0 N–H and O–H groups in total. The first-order valence-electron chi connectivity index (χ1n) is 9.10. The van der Waals surface area contributed by atoms with Crippen LogP contribution in [0.2, 0.25) is 0 Å². The van der Waals surface area contributed by atoms with E-state index in [0.717, 1.165) is 18.3 Å². The fourth-order valence-electron chi connectivity index (χ4n) is 2.59. The molecule has 0 aliphatic heterocycles. The predicted octanol–water partition coefficient (Wildman–Crippen LogP) is 5.99. The van der Waals surface area contributed by atoms with Crippen molar-refractivity contribution in [3.63, 3.8) is 0 Å². The monoisotopic (exact) mass is 298 g/mol. The fraction of sp³-hybridized carbons (Fsp3) is 0.947. The summed E-state index contributed by atoms with van der Waals surface area (Å²) in [7, 11) is 0. The van der Waals surface area contributed by atoms with Crippen LogP contribution in [0.4, 0.5) is 0 Å². The van der Waals surface area contributed by atoms with Crippen molar-refractivity contribution in [1.29, 1.82) is 0 Å². The number of carbonyl (C=O) groups is 1. The number of ether oxygens (including phenoxy) is 1. The first-order chi connectivity index (χ1) is 9.90. The Kier molecular flexibility index (Phi) is 11.8. The van der Waals surface area contributed by atoms with Crippen molar-refractivity contribution in [1.82, 2.24) is 0 Å². The van der Waals surface area contributed by atoms with E-state index in [2.05, 4.69) is 27.7 Å². The minimum atomic E-state index is -0.0761. The van der Waals surface area contributed by atoms with E-state index in [4.69, 9.17) is 4.74 Å². The molecule has 21 heavy (non-hydrogen) atoms. The molecule has 0 radical (unpaired) electrons. The number of rotatable bonds is 12. The van der Waals surface area contributed by atoms with Crippen molar-refractivity contribution >= 4 is 5.97 Å². The zero-order chi connectivity index (χ0) is 16.3. The van der Waals surface area contributed by atoms with Gasteiger partial charge in [-0.25, -0.2) is 0 Å². The fourth-order valence-corrected chi connectivity index (χ4v) is 2.59. The highest BCUT2D eigenvalue weighted by Crippen LogP contribution is 2.22. The molecule has 4 atom stereocenters. The van der Waals surface area contributed by atoms with E-state index in [1.54, 1.807) is 0 Å². The molecule has 0 aromatic heterocycles. The van der Waals surface area contributed by atoms with E-state index < -0.39 is 0 Å². The topological polar surface area (TPSA) is 26.3 Å². The Labute approximate surface area is 133 Å². The van der Waals surface area contributed by atoms with Gasteiger partial charge in [-0.2, -0.15) is 0 Å². The van der Waals surface area contributed by atoms with Crippen LogP contribution in [-0.4, -0.2) is 12.1 Å². The van der Waals surface area contributed by atoms with Crippen molar-refractivity contribution in [2.24, 2.45) is 17.8 Å². The summed E-state index contributed by atoms with van der Waals surface area (Å²) in [6, 6.07) is 0. The van der Waals surface area contributed by atoms with Gasteiger partial charge in [-0.3, -0.25) is 4.79 Å². The van der Waals surface area contributed by atoms with E-state index in [-0.39, 0.29) is 12.1 Å². The predicted molar refractivity (Wildman–Crippen MR) is 91.3 cm³/mol. The molecule has 0 fully saturated rings. The van der Waals surface area contributed by atoms with Crippen molar-refractivity contribution in [3.05, 3.63) is 0 Å². The van der Waals surface area contributed by atoms with Gasteiger partial charge in [-0.05, 0) is 31.1 Å². The van der Waals surface area contributed by atoms with Crippen molar-refractivity contribution in [2.45, 2.75) is 99.0 Å². The third-order valence-electron chi connectivity index (χ3n) is 4.85. The Morgan fingerprint density at radius 1 is 0.857 bits per heavy atom. The summed E-state index contributed by atoms with van der Waals surface area (Å²) in [5, 5.41) is 0. The minimum Gasteiger partial charge on any atom is -0.462 e. The summed E-state index contributed by atoms with van der Waals surface area (Å²) in [4.78, 5) is 11.3. The lowest BCUT2D eigenvalue weighted by Crippen LogP contribution is -2.21. The summed E-state index contributed by atoms with van der Waals surface area (Å²) >= 11 is 0. The van der Waals surface area contributed by atoms with Crippen LogP contribution in [0.1, 0.15) is 92.9 Å².